The number of hydrogen-bond acceptors (Lipinski definition) is 4. The molecule has 152 valence electrons. The highest BCUT2D eigenvalue weighted by Crippen LogP contribution is 2.50. The predicted molar refractivity (Wildman–Crippen MR) is 110 cm³/mol. The number of carbonyl (C=O) groups is 2. The summed E-state index contributed by atoms with van der Waals surface area (Å²) in [4.78, 5) is 26.2. The van der Waals surface area contributed by atoms with E-state index in [0.29, 0.717) is 18.7 Å². The van der Waals surface area contributed by atoms with Gasteiger partial charge in [0.1, 0.15) is 17.8 Å². The number of hydrogen-bond donors (Lipinski definition) is 0. The van der Waals surface area contributed by atoms with Crippen LogP contribution < -0.4 is 9.47 Å². The van der Waals surface area contributed by atoms with Gasteiger partial charge in [0.25, 0.3) is 0 Å². The maximum atomic E-state index is 13.0. The van der Waals surface area contributed by atoms with Crippen LogP contribution in [0.15, 0.2) is 48.5 Å². The van der Waals surface area contributed by atoms with E-state index in [2.05, 4.69) is 6.07 Å². The summed E-state index contributed by atoms with van der Waals surface area (Å²) in [5, 5.41) is 0. The summed E-state index contributed by atoms with van der Waals surface area (Å²) in [5.41, 5.74) is 2.04. The maximum Gasteiger partial charge on any atom is 0.415 e. The van der Waals surface area contributed by atoms with Crippen LogP contribution in [0, 0.1) is 0 Å². The van der Waals surface area contributed by atoms with Gasteiger partial charge in [0.15, 0.2) is 0 Å². The van der Waals surface area contributed by atoms with Crippen molar-refractivity contribution in [2.45, 2.75) is 50.0 Å². The molecule has 0 radical (unpaired) electrons. The number of aldehydes is 1. The lowest BCUT2D eigenvalue weighted by atomic mass is 9.65. The van der Waals surface area contributed by atoms with Crippen molar-refractivity contribution in [1.29, 1.82) is 0 Å². The van der Waals surface area contributed by atoms with Crippen molar-refractivity contribution in [2.75, 3.05) is 13.7 Å². The number of benzene rings is 2. The van der Waals surface area contributed by atoms with Crippen molar-refractivity contribution >= 4 is 12.4 Å². The van der Waals surface area contributed by atoms with Gasteiger partial charge < -0.3 is 19.2 Å². The van der Waals surface area contributed by atoms with Crippen molar-refractivity contribution < 1.29 is 19.1 Å². The van der Waals surface area contributed by atoms with Crippen LogP contribution >= 0.6 is 0 Å². The SMILES string of the molecule is COc1ccc(CC=O)c([C@@]23CCCC[C@H]2N(C(=O)Oc2ccccc2)CC3)c1. The molecule has 2 atom stereocenters. The van der Waals surface area contributed by atoms with Gasteiger partial charge in [0, 0.05) is 24.4 Å². The highest BCUT2D eigenvalue weighted by atomic mass is 16.6. The molecule has 2 aliphatic rings. The minimum atomic E-state index is -0.287. The molecule has 0 bridgehead atoms. The number of fused-ring (bicyclic) bond motifs is 1. The summed E-state index contributed by atoms with van der Waals surface area (Å²) in [5.74, 6) is 1.35. The van der Waals surface area contributed by atoms with Crippen LogP contribution in [-0.2, 0) is 16.6 Å². The van der Waals surface area contributed by atoms with Gasteiger partial charge in [-0.1, -0.05) is 37.1 Å². The van der Waals surface area contributed by atoms with E-state index in [1.807, 2.05) is 35.2 Å². The Hall–Kier alpha value is -2.82. The quantitative estimate of drug-likeness (QED) is 0.701. The van der Waals surface area contributed by atoms with Crippen molar-refractivity contribution in [3.63, 3.8) is 0 Å². The highest BCUT2D eigenvalue weighted by molar-refractivity contribution is 5.72. The molecule has 5 nitrogen and oxygen atoms in total. The summed E-state index contributed by atoms with van der Waals surface area (Å²) in [6.45, 7) is 0.661. The van der Waals surface area contributed by atoms with Crippen LogP contribution in [0.5, 0.6) is 11.5 Å². The van der Waals surface area contributed by atoms with E-state index < -0.39 is 0 Å². The molecule has 0 aromatic heterocycles. The summed E-state index contributed by atoms with van der Waals surface area (Å²) in [7, 11) is 1.66. The summed E-state index contributed by atoms with van der Waals surface area (Å²) < 4.78 is 11.1. The van der Waals surface area contributed by atoms with E-state index in [1.165, 1.54) is 0 Å². The fourth-order valence-electron chi connectivity index (χ4n) is 5.17. The van der Waals surface area contributed by atoms with Gasteiger partial charge in [-0.05, 0) is 54.7 Å². The van der Waals surface area contributed by atoms with Gasteiger partial charge in [-0.15, -0.1) is 0 Å². The zero-order valence-corrected chi connectivity index (χ0v) is 16.8. The smallest absolute Gasteiger partial charge is 0.415 e. The number of ether oxygens (including phenoxy) is 2. The van der Waals surface area contributed by atoms with Crippen LogP contribution in [-0.4, -0.2) is 37.0 Å². The molecule has 1 aliphatic heterocycles. The molecule has 1 aliphatic carbocycles. The van der Waals surface area contributed by atoms with Gasteiger partial charge in [-0.25, -0.2) is 4.79 Å². The molecule has 29 heavy (non-hydrogen) atoms. The zero-order valence-electron chi connectivity index (χ0n) is 16.8. The van der Waals surface area contributed by atoms with E-state index in [-0.39, 0.29) is 17.6 Å². The number of rotatable bonds is 5. The first-order chi connectivity index (χ1) is 14.2. The van der Waals surface area contributed by atoms with E-state index in [0.717, 1.165) is 55.3 Å². The molecular formula is C24H27NO4. The Labute approximate surface area is 171 Å². The van der Waals surface area contributed by atoms with Crippen LogP contribution in [0.2, 0.25) is 0 Å². The lowest BCUT2D eigenvalue weighted by Crippen LogP contribution is -2.48. The number of amides is 1. The Morgan fingerprint density at radius 2 is 1.97 bits per heavy atom. The maximum absolute atomic E-state index is 13.0. The van der Waals surface area contributed by atoms with Gasteiger partial charge in [-0.2, -0.15) is 0 Å². The van der Waals surface area contributed by atoms with E-state index >= 15 is 0 Å². The highest BCUT2D eigenvalue weighted by Gasteiger charge is 2.52. The molecule has 0 N–H and O–H groups in total. The first-order valence-corrected chi connectivity index (χ1v) is 10.3. The van der Waals surface area contributed by atoms with Crippen molar-refractivity contribution in [3.05, 3.63) is 59.7 Å². The Kier molecular flexibility index (Phi) is 5.56. The van der Waals surface area contributed by atoms with Crippen molar-refractivity contribution in [2.24, 2.45) is 0 Å². The van der Waals surface area contributed by atoms with Gasteiger partial charge in [0.2, 0.25) is 0 Å². The molecule has 2 aromatic rings. The number of carbonyl (C=O) groups excluding carboxylic acids is 2. The van der Waals surface area contributed by atoms with Crippen molar-refractivity contribution in [1.82, 2.24) is 4.90 Å². The third-order valence-electron chi connectivity index (χ3n) is 6.50. The van der Waals surface area contributed by atoms with E-state index in [4.69, 9.17) is 9.47 Å². The Morgan fingerprint density at radius 1 is 1.14 bits per heavy atom. The molecule has 5 heteroatoms. The molecular weight excluding hydrogens is 366 g/mol. The van der Waals surface area contributed by atoms with Gasteiger partial charge in [0.05, 0.1) is 7.11 Å². The molecule has 1 amide bonds. The standard InChI is InChI=1S/C24H27NO4/c1-28-20-11-10-18(12-16-26)21(17-20)24-13-6-5-9-22(24)25(15-14-24)23(27)29-19-7-3-2-4-8-19/h2-4,7-8,10-11,16-17,22H,5-6,9,12-15H2,1H3/t22-,24+/m1/s1. The molecule has 1 saturated heterocycles. The predicted octanol–water partition coefficient (Wildman–Crippen LogP) is 4.52. The summed E-state index contributed by atoms with van der Waals surface area (Å²) >= 11 is 0. The largest absolute Gasteiger partial charge is 0.497 e. The second-order valence-electron chi connectivity index (χ2n) is 7.94. The van der Waals surface area contributed by atoms with Crippen LogP contribution in [0.3, 0.4) is 0 Å². The van der Waals surface area contributed by atoms with E-state index in [9.17, 15) is 9.59 Å². The molecule has 0 unspecified atom stereocenters. The number of likely N-dealkylation sites (tertiary alicyclic amines) is 1. The lowest BCUT2D eigenvalue weighted by molar-refractivity contribution is -0.107. The average molecular weight is 393 g/mol. The minimum Gasteiger partial charge on any atom is -0.497 e. The average Bonchev–Trinajstić information content (AvgIpc) is 3.16. The van der Waals surface area contributed by atoms with Gasteiger partial charge in [-0.3, -0.25) is 0 Å². The van der Waals surface area contributed by atoms with Crippen molar-refractivity contribution in [3.8, 4) is 11.5 Å². The molecule has 4 rings (SSSR count). The topological polar surface area (TPSA) is 55.8 Å². The normalized spacial score (nSPS) is 23.3. The van der Waals surface area contributed by atoms with E-state index in [1.54, 1.807) is 19.2 Å². The molecule has 1 heterocycles. The molecule has 0 spiro atoms. The molecule has 2 aromatic carbocycles. The third-order valence-corrected chi connectivity index (χ3v) is 6.50. The zero-order chi connectivity index (χ0) is 20.3. The number of para-hydroxylation sites is 1. The Bertz CT molecular complexity index is 882. The second kappa shape index (κ2) is 8.27. The monoisotopic (exact) mass is 393 g/mol. The number of methoxy groups -OCH3 is 1. The first-order valence-electron chi connectivity index (χ1n) is 10.3. The third kappa shape index (κ3) is 3.61. The Morgan fingerprint density at radius 3 is 2.72 bits per heavy atom. The fourth-order valence-corrected chi connectivity index (χ4v) is 5.17. The summed E-state index contributed by atoms with van der Waals surface area (Å²) in [6.07, 6.45) is 6.08. The molecule has 2 fully saturated rings. The minimum absolute atomic E-state index is 0.0740. The Balaban J connectivity index is 1.68. The lowest BCUT2D eigenvalue weighted by Gasteiger charge is -2.43. The second-order valence-corrected chi connectivity index (χ2v) is 7.94. The van der Waals surface area contributed by atoms with Gasteiger partial charge >= 0.3 is 6.09 Å². The van der Waals surface area contributed by atoms with Crippen LogP contribution in [0.4, 0.5) is 4.79 Å². The fraction of sp³-hybridized carbons (Fsp3) is 0.417. The van der Waals surface area contributed by atoms with Crippen LogP contribution in [0.1, 0.15) is 43.2 Å². The number of nitrogens with zero attached hydrogens (tertiary/aromatic N) is 1. The van der Waals surface area contributed by atoms with Crippen LogP contribution in [0.25, 0.3) is 0 Å². The summed E-state index contributed by atoms with van der Waals surface area (Å²) in [6, 6.07) is 15.3. The molecule has 1 saturated carbocycles. The first kappa shape index (κ1) is 19.5.